The molecule has 0 saturated carbocycles. The van der Waals surface area contributed by atoms with Crippen LogP contribution in [0.3, 0.4) is 0 Å². The number of carbonyl (C=O) groups is 1. The average Bonchev–Trinajstić information content (AvgIpc) is 2.26. The van der Waals surface area contributed by atoms with E-state index in [2.05, 4.69) is 11.8 Å². The van der Waals surface area contributed by atoms with Gasteiger partial charge in [0.25, 0.3) is 0 Å². The summed E-state index contributed by atoms with van der Waals surface area (Å²) in [7, 11) is 0. The summed E-state index contributed by atoms with van der Waals surface area (Å²) in [5, 5.41) is 9.05. The predicted octanol–water partition coefficient (Wildman–Crippen LogP) is 1.15. The quantitative estimate of drug-likeness (QED) is 0.757. The van der Waals surface area contributed by atoms with Crippen LogP contribution >= 0.6 is 0 Å². The second kappa shape index (κ2) is 5.64. The molecule has 0 amide bonds. The molecule has 1 saturated heterocycles. The number of likely N-dealkylation sites (tertiary alicyclic amines) is 1. The van der Waals surface area contributed by atoms with Crippen molar-refractivity contribution in [3.63, 3.8) is 0 Å². The van der Waals surface area contributed by atoms with E-state index in [4.69, 9.17) is 10.8 Å². The third-order valence-corrected chi connectivity index (χ3v) is 4.04. The monoisotopic (exact) mass is 228 g/mol. The van der Waals surface area contributed by atoms with Crippen molar-refractivity contribution in [1.29, 1.82) is 0 Å². The molecular weight excluding hydrogens is 204 g/mol. The molecule has 94 valence electrons. The van der Waals surface area contributed by atoms with Crippen molar-refractivity contribution < 1.29 is 9.90 Å². The fourth-order valence-corrected chi connectivity index (χ4v) is 2.65. The largest absolute Gasteiger partial charge is 0.481 e. The Morgan fingerprint density at radius 1 is 1.56 bits per heavy atom. The van der Waals surface area contributed by atoms with Gasteiger partial charge >= 0.3 is 5.97 Å². The number of carboxylic acids is 1. The summed E-state index contributed by atoms with van der Waals surface area (Å²) in [6.07, 6.45) is 2.35. The third-order valence-electron chi connectivity index (χ3n) is 4.04. The Hall–Kier alpha value is -0.610. The van der Waals surface area contributed by atoms with Gasteiger partial charge in [0.05, 0.1) is 5.92 Å². The molecule has 0 aromatic carbocycles. The van der Waals surface area contributed by atoms with Gasteiger partial charge in [0.15, 0.2) is 0 Å². The minimum absolute atomic E-state index is 0.0637. The lowest BCUT2D eigenvalue weighted by Gasteiger charge is -2.44. The molecule has 1 rings (SSSR count). The summed E-state index contributed by atoms with van der Waals surface area (Å²) in [6, 6.07) is 0.402. The van der Waals surface area contributed by atoms with Gasteiger partial charge in [-0.05, 0) is 32.2 Å². The molecule has 1 aliphatic heterocycles. The SMILES string of the molecule is CC1CCCN(C(C)C(C)C(=O)O)C1CN. The number of carboxylic acid groups (broad SMARTS) is 1. The van der Waals surface area contributed by atoms with Crippen molar-refractivity contribution in [3.05, 3.63) is 0 Å². The highest BCUT2D eigenvalue weighted by atomic mass is 16.4. The second-order valence-electron chi connectivity index (χ2n) is 5.03. The Balaban J connectivity index is 2.72. The molecule has 0 radical (unpaired) electrons. The molecule has 0 aromatic rings. The molecule has 0 bridgehead atoms. The van der Waals surface area contributed by atoms with Crippen molar-refractivity contribution in [2.45, 2.75) is 45.7 Å². The maximum absolute atomic E-state index is 11.0. The zero-order chi connectivity index (χ0) is 12.3. The number of aliphatic carboxylic acids is 1. The molecule has 4 nitrogen and oxygen atoms in total. The molecule has 3 N–H and O–H groups in total. The Labute approximate surface area is 97.8 Å². The fraction of sp³-hybridized carbons (Fsp3) is 0.917. The fourth-order valence-electron chi connectivity index (χ4n) is 2.65. The smallest absolute Gasteiger partial charge is 0.307 e. The van der Waals surface area contributed by atoms with E-state index in [0.717, 1.165) is 13.0 Å². The van der Waals surface area contributed by atoms with E-state index in [-0.39, 0.29) is 12.0 Å². The molecule has 1 fully saturated rings. The minimum atomic E-state index is -0.721. The van der Waals surface area contributed by atoms with Gasteiger partial charge in [-0.1, -0.05) is 13.8 Å². The number of hydrogen-bond donors (Lipinski definition) is 2. The summed E-state index contributed by atoms with van der Waals surface area (Å²) < 4.78 is 0. The van der Waals surface area contributed by atoms with Gasteiger partial charge in [-0.2, -0.15) is 0 Å². The van der Waals surface area contributed by atoms with Gasteiger partial charge in [-0.25, -0.2) is 0 Å². The summed E-state index contributed by atoms with van der Waals surface area (Å²) in [5.74, 6) is -0.483. The van der Waals surface area contributed by atoms with Gasteiger partial charge in [-0.15, -0.1) is 0 Å². The van der Waals surface area contributed by atoms with E-state index in [0.29, 0.717) is 18.5 Å². The molecular formula is C12H24N2O2. The molecule has 1 aliphatic rings. The first-order valence-electron chi connectivity index (χ1n) is 6.17. The maximum atomic E-state index is 11.0. The summed E-state index contributed by atoms with van der Waals surface area (Å²) in [6.45, 7) is 7.59. The van der Waals surface area contributed by atoms with Crippen molar-refractivity contribution >= 4 is 5.97 Å². The molecule has 0 spiro atoms. The zero-order valence-corrected chi connectivity index (χ0v) is 10.5. The van der Waals surface area contributed by atoms with Crippen LogP contribution in [0.5, 0.6) is 0 Å². The second-order valence-corrected chi connectivity index (χ2v) is 5.03. The lowest BCUT2D eigenvalue weighted by Crippen LogP contribution is -2.54. The maximum Gasteiger partial charge on any atom is 0.307 e. The van der Waals surface area contributed by atoms with E-state index in [1.54, 1.807) is 6.92 Å². The van der Waals surface area contributed by atoms with Crippen LogP contribution in [-0.2, 0) is 4.79 Å². The number of nitrogens with zero attached hydrogens (tertiary/aromatic N) is 1. The van der Waals surface area contributed by atoms with Crippen LogP contribution in [0.1, 0.15) is 33.6 Å². The van der Waals surface area contributed by atoms with Crippen LogP contribution in [0.2, 0.25) is 0 Å². The topological polar surface area (TPSA) is 66.6 Å². The highest BCUT2D eigenvalue weighted by Gasteiger charge is 2.34. The molecule has 0 aromatic heterocycles. The number of hydrogen-bond acceptors (Lipinski definition) is 3. The van der Waals surface area contributed by atoms with E-state index < -0.39 is 5.97 Å². The highest BCUT2D eigenvalue weighted by Crippen LogP contribution is 2.26. The number of rotatable bonds is 4. The average molecular weight is 228 g/mol. The first-order chi connectivity index (χ1) is 7.49. The number of nitrogens with two attached hydrogens (primary N) is 1. The molecule has 0 aliphatic carbocycles. The molecule has 4 heteroatoms. The van der Waals surface area contributed by atoms with Crippen molar-refractivity contribution in [3.8, 4) is 0 Å². The Morgan fingerprint density at radius 2 is 2.19 bits per heavy atom. The van der Waals surface area contributed by atoms with Gasteiger partial charge in [-0.3, -0.25) is 9.69 Å². The lowest BCUT2D eigenvalue weighted by molar-refractivity contribution is -0.144. The van der Waals surface area contributed by atoms with E-state index >= 15 is 0 Å². The molecule has 4 atom stereocenters. The van der Waals surface area contributed by atoms with Gasteiger partial charge in [0, 0.05) is 18.6 Å². The molecule has 1 heterocycles. The minimum Gasteiger partial charge on any atom is -0.481 e. The van der Waals surface area contributed by atoms with Crippen molar-refractivity contribution in [1.82, 2.24) is 4.90 Å². The third kappa shape index (κ3) is 2.74. The summed E-state index contributed by atoms with van der Waals surface area (Å²) in [4.78, 5) is 13.3. The van der Waals surface area contributed by atoms with Crippen molar-refractivity contribution in [2.24, 2.45) is 17.6 Å². The van der Waals surface area contributed by atoms with E-state index in [1.165, 1.54) is 6.42 Å². The Bertz CT molecular complexity index is 245. The standard InChI is InChI=1S/C12H24N2O2/c1-8-5-4-6-14(11(8)7-13)10(3)9(2)12(15)16/h8-11H,4-7,13H2,1-3H3,(H,15,16). The number of piperidine rings is 1. The summed E-state index contributed by atoms with van der Waals surface area (Å²) in [5.41, 5.74) is 5.81. The van der Waals surface area contributed by atoms with Crippen LogP contribution < -0.4 is 5.73 Å². The first kappa shape index (κ1) is 13.5. The molecule has 4 unspecified atom stereocenters. The van der Waals surface area contributed by atoms with Crippen LogP contribution in [-0.4, -0.2) is 41.1 Å². The van der Waals surface area contributed by atoms with E-state index in [9.17, 15) is 4.79 Å². The van der Waals surface area contributed by atoms with Crippen LogP contribution in [0.15, 0.2) is 0 Å². The zero-order valence-electron chi connectivity index (χ0n) is 10.5. The lowest BCUT2D eigenvalue weighted by atomic mass is 9.87. The van der Waals surface area contributed by atoms with Gasteiger partial charge in [0.2, 0.25) is 0 Å². The van der Waals surface area contributed by atoms with Crippen molar-refractivity contribution in [2.75, 3.05) is 13.1 Å². The van der Waals surface area contributed by atoms with Crippen LogP contribution in [0, 0.1) is 11.8 Å². The van der Waals surface area contributed by atoms with Gasteiger partial charge < -0.3 is 10.8 Å². The highest BCUT2D eigenvalue weighted by molar-refractivity contribution is 5.70. The molecule has 16 heavy (non-hydrogen) atoms. The van der Waals surface area contributed by atoms with E-state index in [1.807, 2.05) is 6.92 Å². The van der Waals surface area contributed by atoms with Crippen LogP contribution in [0.25, 0.3) is 0 Å². The predicted molar refractivity (Wildman–Crippen MR) is 64.2 cm³/mol. The Kier molecular flexibility index (Phi) is 4.74. The van der Waals surface area contributed by atoms with Crippen LogP contribution in [0.4, 0.5) is 0 Å². The first-order valence-corrected chi connectivity index (χ1v) is 6.17. The normalized spacial score (nSPS) is 31.0. The van der Waals surface area contributed by atoms with Gasteiger partial charge in [0.1, 0.15) is 0 Å². The summed E-state index contributed by atoms with van der Waals surface area (Å²) >= 11 is 0. The Morgan fingerprint density at radius 3 is 2.69 bits per heavy atom.